The van der Waals surface area contributed by atoms with E-state index in [9.17, 15) is 4.79 Å². The molecule has 0 N–H and O–H groups in total. The molecule has 0 saturated heterocycles. The predicted octanol–water partition coefficient (Wildman–Crippen LogP) is 2.41. The van der Waals surface area contributed by atoms with Crippen LogP contribution in [0.3, 0.4) is 0 Å². The van der Waals surface area contributed by atoms with Crippen LogP contribution in [0, 0.1) is 6.92 Å². The number of hydrogen-bond donors (Lipinski definition) is 0. The molecular weight excluding hydrogens is 172 g/mol. The Hall–Kier alpha value is -0.700. The lowest BCUT2D eigenvalue weighted by Crippen LogP contribution is -1.84. The van der Waals surface area contributed by atoms with Gasteiger partial charge < -0.3 is 9.21 Å². The monoisotopic (exact) mass is 184 g/mol. The van der Waals surface area contributed by atoms with E-state index in [2.05, 4.69) is 0 Å². The van der Waals surface area contributed by atoms with Crippen molar-refractivity contribution in [2.45, 2.75) is 19.1 Å². The Bertz CT molecular complexity index is 242. The zero-order valence-corrected chi connectivity index (χ0v) is 7.89. The summed E-state index contributed by atoms with van der Waals surface area (Å²) in [7, 11) is 0. The third-order valence-electron chi connectivity index (χ3n) is 1.58. The van der Waals surface area contributed by atoms with Gasteiger partial charge in [0.1, 0.15) is 12.0 Å². The Morgan fingerprint density at radius 2 is 2.50 bits per heavy atom. The predicted molar refractivity (Wildman–Crippen MR) is 50.3 cm³/mol. The van der Waals surface area contributed by atoms with E-state index in [1.165, 1.54) is 5.56 Å². The molecule has 1 aromatic rings. The fourth-order valence-corrected chi connectivity index (χ4v) is 1.74. The van der Waals surface area contributed by atoms with E-state index in [-0.39, 0.29) is 0 Å². The number of aldehydes is 1. The van der Waals surface area contributed by atoms with Gasteiger partial charge in [0, 0.05) is 12.2 Å². The molecule has 3 heteroatoms. The smallest absolute Gasteiger partial charge is 0.120 e. The van der Waals surface area contributed by atoms with E-state index in [1.54, 1.807) is 18.0 Å². The standard InChI is InChI=1S/C9H12O2S/c1-8-3-5-11-9(8)7-12-6-2-4-10/h3-5H,2,6-7H2,1H3. The van der Waals surface area contributed by atoms with Crippen LogP contribution in [0.2, 0.25) is 0 Å². The van der Waals surface area contributed by atoms with Crippen molar-refractivity contribution in [1.29, 1.82) is 0 Å². The van der Waals surface area contributed by atoms with Crippen LogP contribution in [-0.4, -0.2) is 12.0 Å². The Morgan fingerprint density at radius 3 is 3.08 bits per heavy atom. The van der Waals surface area contributed by atoms with Crippen LogP contribution >= 0.6 is 11.8 Å². The lowest BCUT2D eigenvalue weighted by atomic mass is 10.3. The third kappa shape index (κ3) is 2.74. The van der Waals surface area contributed by atoms with Crippen LogP contribution < -0.4 is 0 Å². The first-order valence-corrected chi connectivity index (χ1v) is 5.04. The molecule has 0 radical (unpaired) electrons. The molecule has 0 aromatic carbocycles. The van der Waals surface area contributed by atoms with Crippen molar-refractivity contribution in [3.63, 3.8) is 0 Å². The summed E-state index contributed by atoms with van der Waals surface area (Å²) in [6.45, 7) is 2.03. The Morgan fingerprint density at radius 1 is 1.67 bits per heavy atom. The van der Waals surface area contributed by atoms with Gasteiger partial charge in [0.15, 0.2) is 0 Å². The van der Waals surface area contributed by atoms with E-state index in [4.69, 9.17) is 4.42 Å². The maximum Gasteiger partial charge on any atom is 0.120 e. The van der Waals surface area contributed by atoms with Gasteiger partial charge in [-0.15, -0.1) is 0 Å². The summed E-state index contributed by atoms with van der Waals surface area (Å²) >= 11 is 1.72. The van der Waals surface area contributed by atoms with Crippen LogP contribution in [0.25, 0.3) is 0 Å². The molecule has 0 atom stereocenters. The summed E-state index contributed by atoms with van der Waals surface area (Å²) < 4.78 is 5.24. The summed E-state index contributed by atoms with van der Waals surface area (Å²) in [5, 5.41) is 0. The Balaban J connectivity index is 2.24. The highest BCUT2D eigenvalue weighted by molar-refractivity contribution is 7.98. The number of furan rings is 1. The number of rotatable bonds is 5. The van der Waals surface area contributed by atoms with Gasteiger partial charge in [-0.25, -0.2) is 0 Å². The second-order valence-corrected chi connectivity index (χ2v) is 3.64. The van der Waals surface area contributed by atoms with Gasteiger partial charge in [0.05, 0.1) is 12.0 Å². The van der Waals surface area contributed by atoms with Crippen molar-refractivity contribution >= 4 is 18.0 Å². The Labute approximate surface area is 76.3 Å². The van der Waals surface area contributed by atoms with E-state index in [0.717, 1.165) is 23.6 Å². The van der Waals surface area contributed by atoms with Gasteiger partial charge in [-0.1, -0.05) is 0 Å². The molecule has 1 heterocycles. The summed E-state index contributed by atoms with van der Waals surface area (Å²) in [5.41, 5.74) is 1.19. The Kier molecular flexibility index (Phi) is 3.94. The molecule has 66 valence electrons. The largest absolute Gasteiger partial charge is 0.468 e. The van der Waals surface area contributed by atoms with Crippen molar-refractivity contribution in [3.05, 3.63) is 23.7 Å². The van der Waals surface area contributed by atoms with Crippen LogP contribution in [-0.2, 0) is 10.5 Å². The molecule has 0 fully saturated rings. The molecule has 12 heavy (non-hydrogen) atoms. The minimum Gasteiger partial charge on any atom is -0.468 e. The highest BCUT2D eigenvalue weighted by atomic mass is 32.2. The second kappa shape index (κ2) is 5.04. The fourth-order valence-electron chi connectivity index (χ4n) is 0.848. The highest BCUT2D eigenvalue weighted by Crippen LogP contribution is 2.16. The summed E-state index contributed by atoms with van der Waals surface area (Å²) in [6, 6.07) is 1.95. The van der Waals surface area contributed by atoms with E-state index in [0.29, 0.717) is 6.42 Å². The molecule has 0 spiro atoms. The highest BCUT2D eigenvalue weighted by Gasteiger charge is 2.00. The average Bonchev–Trinajstić information content (AvgIpc) is 2.46. The van der Waals surface area contributed by atoms with E-state index < -0.39 is 0 Å². The average molecular weight is 184 g/mol. The van der Waals surface area contributed by atoms with Crippen LogP contribution in [0.5, 0.6) is 0 Å². The first-order chi connectivity index (χ1) is 5.84. The van der Waals surface area contributed by atoms with Gasteiger partial charge in [-0.05, 0) is 18.6 Å². The van der Waals surface area contributed by atoms with Crippen molar-refractivity contribution in [2.24, 2.45) is 0 Å². The van der Waals surface area contributed by atoms with Crippen LogP contribution in [0.1, 0.15) is 17.7 Å². The molecular formula is C9H12O2S. The van der Waals surface area contributed by atoms with Crippen molar-refractivity contribution in [3.8, 4) is 0 Å². The topological polar surface area (TPSA) is 30.2 Å². The van der Waals surface area contributed by atoms with Crippen molar-refractivity contribution in [2.75, 3.05) is 5.75 Å². The second-order valence-electron chi connectivity index (χ2n) is 2.53. The molecule has 1 rings (SSSR count). The third-order valence-corrected chi connectivity index (χ3v) is 2.57. The number of carbonyl (C=O) groups excluding carboxylic acids is 1. The zero-order valence-electron chi connectivity index (χ0n) is 7.08. The van der Waals surface area contributed by atoms with Gasteiger partial charge in [-0.2, -0.15) is 11.8 Å². The molecule has 0 aliphatic heterocycles. The lowest BCUT2D eigenvalue weighted by molar-refractivity contribution is -0.107. The molecule has 1 aromatic heterocycles. The molecule has 0 aliphatic rings. The normalized spacial score (nSPS) is 10.1. The SMILES string of the molecule is Cc1ccoc1CSCCC=O. The van der Waals surface area contributed by atoms with Gasteiger partial charge in [0.2, 0.25) is 0 Å². The fraction of sp³-hybridized carbons (Fsp3) is 0.444. The molecule has 2 nitrogen and oxygen atoms in total. The first-order valence-electron chi connectivity index (χ1n) is 3.89. The molecule has 0 saturated carbocycles. The van der Waals surface area contributed by atoms with E-state index in [1.807, 2.05) is 13.0 Å². The maximum atomic E-state index is 10.00. The number of thioether (sulfide) groups is 1. The van der Waals surface area contributed by atoms with Crippen LogP contribution in [0.4, 0.5) is 0 Å². The van der Waals surface area contributed by atoms with Gasteiger partial charge in [-0.3, -0.25) is 0 Å². The molecule has 0 aliphatic carbocycles. The number of carbonyl (C=O) groups is 1. The van der Waals surface area contributed by atoms with Gasteiger partial charge >= 0.3 is 0 Å². The van der Waals surface area contributed by atoms with Crippen molar-refractivity contribution in [1.82, 2.24) is 0 Å². The molecule has 0 unspecified atom stereocenters. The number of hydrogen-bond acceptors (Lipinski definition) is 3. The maximum absolute atomic E-state index is 10.00. The first kappa shape index (κ1) is 9.39. The quantitative estimate of drug-likeness (QED) is 0.520. The zero-order chi connectivity index (χ0) is 8.81. The summed E-state index contributed by atoms with van der Waals surface area (Å²) in [5.74, 6) is 2.77. The molecule has 0 amide bonds. The number of aryl methyl sites for hydroxylation is 1. The molecule has 0 bridgehead atoms. The summed E-state index contributed by atoms with van der Waals surface area (Å²) in [6.07, 6.45) is 3.28. The van der Waals surface area contributed by atoms with E-state index >= 15 is 0 Å². The minimum atomic E-state index is 0.629. The van der Waals surface area contributed by atoms with Gasteiger partial charge in [0.25, 0.3) is 0 Å². The van der Waals surface area contributed by atoms with Crippen LogP contribution in [0.15, 0.2) is 16.7 Å². The van der Waals surface area contributed by atoms with Crippen molar-refractivity contribution < 1.29 is 9.21 Å². The lowest BCUT2D eigenvalue weighted by Gasteiger charge is -1.96. The minimum absolute atomic E-state index is 0.629. The summed E-state index contributed by atoms with van der Waals surface area (Å²) in [4.78, 5) is 10.00.